The number of aromatic nitrogens is 4. The van der Waals surface area contributed by atoms with Gasteiger partial charge in [0, 0.05) is 55.2 Å². The lowest BCUT2D eigenvalue weighted by Gasteiger charge is -2.11. The second kappa shape index (κ2) is 11.7. The molecule has 5 heteroatoms. The zero-order valence-corrected chi connectivity index (χ0v) is 28.4. The molecule has 0 radical (unpaired) electrons. The first kappa shape index (κ1) is 29.5. The van der Waals surface area contributed by atoms with E-state index in [0.29, 0.717) is 0 Å². The summed E-state index contributed by atoms with van der Waals surface area (Å²) in [6.45, 7) is 0. The molecule has 0 amide bonds. The minimum absolute atomic E-state index is 0.767. The first-order valence-corrected chi connectivity index (χ1v) is 17.7. The fourth-order valence-electron chi connectivity index (χ4n) is 7.63. The number of rotatable bonds is 4. The van der Waals surface area contributed by atoms with Gasteiger partial charge in [0.05, 0.1) is 33.5 Å². The molecule has 6 aromatic carbocycles. The molecular formula is C48H28N4O. The topological polar surface area (TPSA) is 64.7 Å². The van der Waals surface area contributed by atoms with Gasteiger partial charge < -0.3 is 4.42 Å². The van der Waals surface area contributed by atoms with Crippen LogP contribution >= 0.6 is 0 Å². The number of hydrogen-bond acceptors (Lipinski definition) is 5. The third-order valence-corrected chi connectivity index (χ3v) is 10.3. The van der Waals surface area contributed by atoms with Crippen LogP contribution in [0.15, 0.2) is 174 Å². The highest BCUT2D eigenvalue weighted by Gasteiger charge is 2.19. The Morgan fingerprint density at radius 1 is 0.396 bits per heavy atom. The van der Waals surface area contributed by atoms with Crippen molar-refractivity contribution in [1.29, 1.82) is 0 Å². The fraction of sp³-hybridized carbons (Fsp3) is 0. The maximum Gasteiger partial charge on any atom is 0.162 e. The molecule has 5 aromatic heterocycles. The molecule has 246 valence electrons. The minimum atomic E-state index is 0.767. The molecule has 0 aliphatic rings. The lowest BCUT2D eigenvalue weighted by molar-refractivity contribution is 0.669. The van der Waals surface area contributed by atoms with E-state index < -0.39 is 0 Å². The van der Waals surface area contributed by atoms with E-state index in [1.807, 2.05) is 42.6 Å². The lowest BCUT2D eigenvalue weighted by atomic mass is 9.97. The number of hydrogen-bond donors (Lipinski definition) is 0. The summed E-state index contributed by atoms with van der Waals surface area (Å²) in [6, 6.07) is 56.6. The van der Waals surface area contributed by atoms with Crippen molar-refractivity contribution in [2.75, 3.05) is 0 Å². The summed E-state index contributed by atoms with van der Waals surface area (Å²) in [5.41, 5.74) is 13.1. The van der Waals surface area contributed by atoms with E-state index in [-0.39, 0.29) is 0 Å². The van der Waals surface area contributed by atoms with Crippen LogP contribution in [0.1, 0.15) is 0 Å². The molecule has 5 heterocycles. The van der Waals surface area contributed by atoms with E-state index >= 15 is 0 Å². The van der Waals surface area contributed by atoms with Crippen LogP contribution in [0.25, 0.3) is 110 Å². The molecule has 11 rings (SSSR count). The van der Waals surface area contributed by atoms with E-state index in [0.717, 1.165) is 110 Å². The second-order valence-corrected chi connectivity index (χ2v) is 13.5. The summed E-state index contributed by atoms with van der Waals surface area (Å²) in [4.78, 5) is 20.2. The molecule has 0 saturated carbocycles. The maximum absolute atomic E-state index is 6.65. The van der Waals surface area contributed by atoms with Gasteiger partial charge in [-0.15, -0.1) is 0 Å². The third kappa shape index (κ3) is 4.86. The number of nitrogens with zero attached hydrogens (tertiary/aromatic N) is 4. The number of pyridine rings is 4. The Hall–Kier alpha value is -7.24. The van der Waals surface area contributed by atoms with Crippen LogP contribution in [0.3, 0.4) is 0 Å². The van der Waals surface area contributed by atoms with Crippen LogP contribution in [0, 0.1) is 0 Å². The molecular weight excluding hydrogens is 649 g/mol. The Bertz CT molecular complexity index is 3240. The molecule has 0 saturated heterocycles. The summed E-state index contributed by atoms with van der Waals surface area (Å²) in [5.74, 6) is 0. The van der Waals surface area contributed by atoms with Crippen LogP contribution in [0.2, 0.25) is 0 Å². The Labute approximate surface area is 303 Å². The molecule has 0 unspecified atom stereocenters. The Balaban J connectivity index is 1.07. The molecule has 0 atom stereocenters. The van der Waals surface area contributed by atoms with Crippen LogP contribution in [-0.2, 0) is 0 Å². The van der Waals surface area contributed by atoms with Crippen molar-refractivity contribution in [1.82, 2.24) is 19.9 Å². The van der Waals surface area contributed by atoms with E-state index in [1.54, 1.807) is 0 Å². The quantitative estimate of drug-likeness (QED) is 0.174. The standard InChI is InChI=1S/C48H28N4O/c1-2-8-29(9-3-1)39-22-19-31-16-17-32-20-23-40(51-46(32)45(31)50-39)35-10-6-11-36(26-35)47-48-44(37-13-4-5-14-43(37)53-48)38-27-33(21-24-41(38)52-47)34-18-15-30-12-7-25-49-42(30)28-34/h1-28H. The van der Waals surface area contributed by atoms with Crippen molar-refractivity contribution in [2.45, 2.75) is 0 Å². The van der Waals surface area contributed by atoms with Gasteiger partial charge in [-0.1, -0.05) is 115 Å². The van der Waals surface area contributed by atoms with Gasteiger partial charge in [0.15, 0.2) is 5.58 Å². The summed E-state index contributed by atoms with van der Waals surface area (Å²) >= 11 is 0. The first-order valence-electron chi connectivity index (χ1n) is 17.7. The van der Waals surface area contributed by atoms with E-state index in [2.05, 4.69) is 132 Å². The molecule has 5 nitrogen and oxygen atoms in total. The number of benzene rings is 6. The largest absolute Gasteiger partial charge is 0.454 e. The lowest BCUT2D eigenvalue weighted by Crippen LogP contribution is -1.92. The van der Waals surface area contributed by atoms with Crippen molar-refractivity contribution < 1.29 is 4.42 Å². The van der Waals surface area contributed by atoms with Gasteiger partial charge in [0.1, 0.15) is 11.3 Å². The van der Waals surface area contributed by atoms with Gasteiger partial charge in [0.25, 0.3) is 0 Å². The summed E-state index contributed by atoms with van der Waals surface area (Å²) in [5, 5.41) is 6.40. The predicted octanol–water partition coefficient (Wildman–Crippen LogP) is 12.4. The molecule has 0 fully saturated rings. The molecule has 0 aliphatic carbocycles. The van der Waals surface area contributed by atoms with Gasteiger partial charge in [-0.25, -0.2) is 15.0 Å². The highest BCUT2D eigenvalue weighted by Crippen LogP contribution is 2.41. The first-order chi connectivity index (χ1) is 26.2. The number of fused-ring (bicyclic) bond motifs is 9. The molecule has 0 N–H and O–H groups in total. The molecule has 0 aliphatic heterocycles. The van der Waals surface area contributed by atoms with Gasteiger partial charge in [-0.3, -0.25) is 4.98 Å². The van der Waals surface area contributed by atoms with Crippen molar-refractivity contribution in [3.63, 3.8) is 0 Å². The van der Waals surface area contributed by atoms with Crippen LogP contribution in [0.5, 0.6) is 0 Å². The van der Waals surface area contributed by atoms with Gasteiger partial charge >= 0.3 is 0 Å². The van der Waals surface area contributed by atoms with Crippen LogP contribution in [0.4, 0.5) is 0 Å². The normalized spacial score (nSPS) is 11.8. The number of furan rings is 1. The SMILES string of the molecule is c1ccc(-c2ccc3ccc4ccc(-c5cccc(-c6nc7ccc(-c8ccc9cccnc9c8)cc7c7c6oc6ccccc67)c5)nc4c3n2)cc1. The predicted molar refractivity (Wildman–Crippen MR) is 217 cm³/mol. The zero-order chi connectivity index (χ0) is 34.9. The van der Waals surface area contributed by atoms with Crippen molar-refractivity contribution in [3.8, 4) is 44.9 Å². The van der Waals surface area contributed by atoms with Gasteiger partial charge in [-0.05, 0) is 59.7 Å². The smallest absolute Gasteiger partial charge is 0.162 e. The van der Waals surface area contributed by atoms with Crippen molar-refractivity contribution in [2.24, 2.45) is 0 Å². The third-order valence-electron chi connectivity index (χ3n) is 10.3. The van der Waals surface area contributed by atoms with E-state index in [1.165, 1.54) is 0 Å². The average molecular weight is 677 g/mol. The van der Waals surface area contributed by atoms with Gasteiger partial charge in [-0.2, -0.15) is 0 Å². The minimum Gasteiger partial charge on any atom is -0.454 e. The average Bonchev–Trinajstić information content (AvgIpc) is 3.63. The summed E-state index contributed by atoms with van der Waals surface area (Å²) in [6.07, 6.45) is 1.84. The molecule has 0 bridgehead atoms. The number of para-hydroxylation sites is 1. The van der Waals surface area contributed by atoms with Crippen molar-refractivity contribution in [3.05, 3.63) is 170 Å². The van der Waals surface area contributed by atoms with Crippen LogP contribution < -0.4 is 0 Å². The molecule has 0 spiro atoms. The monoisotopic (exact) mass is 676 g/mol. The van der Waals surface area contributed by atoms with Crippen LogP contribution in [-0.4, -0.2) is 19.9 Å². The summed E-state index contributed by atoms with van der Waals surface area (Å²) in [7, 11) is 0. The van der Waals surface area contributed by atoms with E-state index in [9.17, 15) is 0 Å². The highest BCUT2D eigenvalue weighted by atomic mass is 16.3. The zero-order valence-electron chi connectivity index (χ0n) is 28.4. The maximum atomic E-state index is 6.65. The highest BCUT2D eigenvalue weighted by molar-refractivity contribution is 6.21. The molecule has 53 heavy (non-hydrogen) atoms. The Kier molecular flexibility index (Phi) is 6.48. The summed E-state index contributed by atoms with van der Waals surface area (Å²) < 4.78 is 6.65. The Morgan fingerprint density at radius 2 is 1.08 bits per heavy atom. The van der Waals surface area contributed by atoms with Gasteiger partial charge in [0.2, 0.25) is 0 Å². The fourth-order valence-corrected chi connectivity index (χ4v) is 7.63. The molecule has 11 aromatic rings. The second-order valence-electron chi connectivity index (χ2n) is 13.5. The van der Waals surface area contributed by atoms with E-state index in [4.69, 9.17) is 19.4 Å². The Morgan fingerprint density at radius 3 is 1.92 bits per heavy atom. The van der Waals surface area contributed by atoms with Crippen molar-refractivity contribution >= 4 is 65.6 Å².